The summed E-state index contributed by atoms with van der Waals surface area (Å²) in [7, 11) is -0.368. The van der Waals surface area contributed by atoms with Crippen LogP contribution in [0.15, 0.2) is 12.4 Å². The largest absolute Gasteiger partial charge is 0.498 e. The Morgan fingerprint density at radius 1 is 1.26 bits per heavy atom. The fourth-order valence-electron chi connectivity index (χ4n) is 2.23. The summed E-state index contributed by atoms with van der Waals surface area (Å²) < 4.78 is 13.9. The van der Waals surface area contributed by atoms with Gasteiger partial charge in [0.1, 0.15) is 5.54 Å². The van der Waals surface area contributed by atoms with E-state index in [0.29, 0.717) is 0 Å². The molecule has 0 radical (unpaired) electrons. The highest BCUT2D eigenvalue weighted by molar-refractivity contribution is 6.62. The summed E-state index contributed by atoms with van der Waals surface area (Å²) in [5.74, 6) is 2.82. The lowest BCUT2D eigenvalue weighted by molar-refractivity contribution is 0.00578. The highest BCUT2D eigenvalue weighted by atomic mass is 16.7. The molecule has 0 atom stereocenters. The summed E-state index contributed by atoms with van der Waals surface area (Å²) in [6.45, 7) is 8.17. The lowest BCUT2D eigenvalue weighted by Crippen LogP contribution is -2.41. The molecule has 1 saturated carbocycles. The summed E-state index contributed by atoms with van der Waals surface area (Å²) in [5, 5.41) is 4.38. The van der Waals surface area contributed by atoms with E-state index < -0.39 is 0 Å². The molecule has 19 heavy (non-hydrogen) atoms. The van der Waals surface area contributed by atoms with Gasteiger partial charge in [0.2, 0.25) is 0 Å². The molecule has 2 fully saturated rings. The minimum atomic E-state index is -0.368. The maximum atomic E-state index is 6.00. The van der Waals surface area contributed by atoms with Crippen LogP contribution in [0.25, 0.3) is 0 Å². The van der Waals surface area contributed by atoms with Crippen molar-refractivity contribution in [1.82, 2.24) is 9.78 Å². The molecule has 0 aromatic carbocycles. The molecule has 0 amide bonds. The summed E-state index contributed by atoms with van der Waals surface area (Å²) in [6, 6.07) is 0. The van der Waals surface area contributed by atoms with E-state index in [1.54, 1.807) is 6.20 Å². The van der Waals surface area contributed by atoms with E-state index in [0.717, 1.165) is 18.3 Å². The zero-order valence-electron chi connectivity index (χ0n) is 11.9. The molecule has 100 valence electrons. The zero-order chi connectivity index (χ0) is 13.9. The first-order valence-electron chi connectivity index (χ1n) is 6.68. The maximum absolute atomic E-state index is 6.00. The van der Waals surface area contributed by atoms with Crippen LogP contribution >= 0.6 is 0 Å². The molecule has 1 aliphatic carbocycles. The fraction of sp³-hybridized carbons (Fsp3) is 0.643. The van der Waals surface area contributed by atoms with Crippen molar-refractivity contribution in [2.24, 2.45) is 0 Å². The van der Waals surface area contributed by atoms with Crippen LogP contribution in [-0.4, -0.2) is 28.1 Å². The van der Waals surface area contributed by atoms with Crippen LogP contribution in [0.2, 0.25) is 0 Å². The first kappa shape index (κ1) is 12.8. The second-order valence-electron chi connectivity index (χ2n) is 6.48. The lowest BCUT2D eigenvalue weighted by atomic mass is 9.82. The highest BCUT2D eigenvalue weighted by Gasteiger charge is 2.52. The number of aromatic nitrogens is 2. The molecule has 1 aliphatic heterocycles. The zero-order valence-corrected chi connectivity index (χ0v) is 11.9. The first-order chi connectivity index (χ1) is 8.80. The molecule has 0 unspecified atom stereocenters. The Bertz CT molecular complexity index is 536. The molecular weight excluding hydrogens is 239 g/mol. The summed E-state index contributed by atoms with van der Waals surface area (Å²) in [6.07, 6.45) is 11.3. The third-order valence-corrected chi connectivity index (χ3v) is 4.56. The number of nitrogens with zero attached hydrogens (tertiary/aromatic N) is 2. The van der Waals surface area contributed by atoms with Gasteiger partial charge in [0.15, 0.2) is 0 Å². The summed E-state index contributed by atoms with van der Waals surface area (Å²) in [5.41, 5.74) is 0.0638. The summed E-state index contributed by atoms with van der Waals surface area (Å²) >= 11 is 0. The second kappa shape index (κ2) is 3.65. The Balaban J connectivity index is 1.84. The van der Waals surface area contributed by atoms with E-state index in [9.17, 15) is 0 Å². The van der Waals surface area contributed by atoms with Gasteiger partial charge in [0.25, 0.3) is 0 Å². The molecule has 2 heterocycles. The molecule has 2 aliphatic rings. The molecule has 3 rings (SSSR count). The van der Waals surface area contributed by atoms with E-state index in [2.05, 4.69) is 11.0 Å². The predicted octanol–water partition coefficient (Wildman–Crippen LogP) is 1.30. The van der Waals surface area contributed by atoms with Crippen LogP contribution in [0.1, 0.15) is 40.5 Å². The van der Waals surface area contributed by atoms with Gasteiger partial charge in [-0.25, -0.2) is 0 Å². The van der Waals surface area contributed by atoms with Crippen molar-refractivity contribution >= 4 is 12.6 Å². The van der Waals surface area contributed by atoms with Gasteiger partial charge in [-0.05, 0) is 40.5 Å². The van der Waals surface area contributed by atoms with Gasteiger partial charge in [-0.15, -0.1) is 6.42 Å². The van der Waals surface area contributed by atoms with Crippen molar-refractivity contribution < 1.29 is 9.31 Å². The molecule has 1 aromatic heterocycles. The third-order valence-electron chi connectivity index (χ3n) is 4.56. The van der Waals surface area contributed by atoms with Gasteiger partial charge in [0.05, 0.1) is 11.2 Å². The van der Waals surface area contributed by atoms with Crippen LogP contribution in [0.5, 0.6) is 0 Å². The second-order valence-corrected chi connectivity index (χ2v) is 6.48. The molecule has 5 heteroatoms. The Hall–Kier alpha value is -1.25. The predicted molar refractivity (Wildman–Crippen MR) is 74.0 cm³/mol. The smallest absolute Gasteiger partial charge is 0.399 e. The van der Waals surface area contributed by atoms with Crippen molar-refractivity contribution in [2.75, 3.05) is 0 Å². The van der Waals surface area contributed by atoms with E-state index in [4.69, 9.17) is 15.7 Å². The SMILES string of the molecule is C#CC1(n2cc(B3OC(C)(C)C(C)(C)O3)cn2)CC1. The van der Waals surface area contributed by atoms with Gasteiger partial charge in [-0.3, -0.25) is 4.68 Å². The minimum Gasteiger partial charge on any atom is -0.399 e. The Labute approximate surface area is 114 Å². The van der Waals surface area contributed by atoms with E-state index in [1.165, 1.54) is 0 Å². The molecule has 4 nitrogen and oxygen atoms in total. The van der Waals surface area contributed by atoms with Crippen LogP contribution in [0, 0.1) is 12.3 Å². The van der Waals surface area contributed by atoms with Gasteiger partial charge >= 0.3 is 7.12 Å². The van der Waals surface area contributed by atoms with E-state index >= 15 is 0 Å². The standard InChI is InChI=1S/C14H19BN2O2/c1-6-14(7-8-14)17-10-11(9-16-17)15-18-12(2,3)13(4,5)19-15/h1,9-10H,7-8H2,2-5H3. The average molecular weight is 258 g/mol. The van der Waals surface area contributed by atoms with Crippen molar-refractivity contribution in [3.8, 4) is 12.3 Å². The van der Waals surface area contributed by atoms with Gasteiger partial charge in [-0.2, -0.15) is 5.10 Å². The monoisotopic (exact) mass is 258 g/mol. The minimum absolute atomic E-state index is 0.206. The Morgan fingerprint density at radius 3 is 2.32 bits per heavy atom. The van der Waals surface area contributed by atoms with Crippen LogP contribution in [0.3, 0.4) is 0 Å². The first-order valence-corrected chi connectivity index (χ1v) is 6.68. The van der Waals surface area contributed by atoms with Crippen molar-refractivity contribution in [3.63, 3.8) is 0 Å². The lowest BCUT2D eigenvalue weighted by Gasteiger charge is -2.32. The molecule has 0 N–H and O–H groups in total. The Morgan fingerprint density at radius 2 is 1.84 bits per heavy atom. The highest BCUT2D eigenvalue weighted by Crippen LogP contribution is 2.42. The van der Waals surface area contributed by atoms with Crippen LogP contribution in [-0.2, 0) is 14.8 Å². The van der Waals surface area contributed by atoms with Crippen LogP contribution in [0.4, 0.5) is 0 Å². The van der Waals surface area contributed by atoms with Crippen molar-refractivity contribution in [3.05, 3.63) is 12.4 Å². The average Bonchev–Trinajstić information content (AvgIpc) is 2.89. The number of terminal acetylenes is 1. The maximum Gasteiger partial charge on any atom is 0.498 e. The molecule has 1 aromatic rings. The molecule has 1 saturated heterocycles. The fourth-order valence-corrected chi connectivity index (χ4v) is 2.23. The van der Waals surface area contributed by atoms with E-state index in [-0.39, 0.29) is 23.9 Å². The number of hydrogen-bond donors (Lipinski definition) is 0. The van der Waals surface area contributed by atoms with Gasteiger partial charge in [-0.1, -0.05) is 5.92 Å². The van der Waals surface area contributed by atoms with Gasteiger partial charge < -0.3 is 9.31 Å². The quantitative estimate of drug-likeness (QED) is 0.592. The molecular formula is C14H19BN2O2. The van der Waals surface area contributed by atoms with Crippen molar-refractivity contribution in [1.29, 1.82) is 0 Å². The molecule has 0 spiro atoms. The number of rotatable bonds is 2. The Kier molecular flexibility index (Phi) is 2.45. The topological polar surface area (TPSA) is 36.3 Å². The van der Waals surface area contributed by atoms with E-state index in [1.807, 2.05) is 38.6 Å². The number of hydrogen-bond acceptors (Lipinski definition) is 3. The normalized spacial score (nSPS) is 26.2. The van der Waals surface area contributed by atoms with Crippen LogP contribution < -0.4 is 5.46 Å². The van der Waals surface area contributed by atoms with Gasteiger partial charge in [0, 0.05) is 17.9 Å². The molecule has 0 bridgehead atoms. The summed E-state index contributed by atoms with van der Waals surface area (Å²) in [4.78, 5) is 0. The van der Waals surface area contributed by atoms with Crippen molar-refractivity contribution in [2.45, 2.75) is 57.3 Å². The third kappa shape index (κ3) is 1.82.